The number of aromatic carboxylic acids is 1. The normalized spacial score (nSPS) is 20.5. The van der Waals surface area contributed by atoms with Crippen molar-refractivity contribution in [3.8, 4) is 5.75 Å². The fourth-order valence-corrected chi connectivity index (χ4v) is 9.73. The molecule has 0 spiro atoms. The third kappa shape index (κ3) is 7.46. The lowest BCUT2D eigenvalue weighted by atomic mass is 9.87. The largest absolute Gasteiger partial charge is 0.508 e. The van der Waals surface area contributed by atoms with Crippen molar-refractivity contribution in [3.63, 3.8) is 0 Å². The summed E-state index contributed by atoms with van der Waals surface area (Å²) in [4.78, 5) is 58.2. The van der Waals surface area contributed by atoms with E-state index in [1.165, 1.54) is 11.3 Å². The van der Waals surface area contributed by atoms with E-state index in [-0.39, 0.29) is 29.9 Å². The zero-order valence-electron chi connectivity index (χ0n) is 32.7. The van der Waals surface area contributed by atoms with Gasteiger partial charge in [-0.3, -0.25) is 24.6 Å². The average molecular weight is 780 g/mol. The molecular weight excluding hydrogens is 731 g/mol. The number of carbonyl (C=O) groups excluding carboxylic acids is 3. The van der Waals surface area contributed by atoms with E-state index in [1.54, 1.807) is 23.1 Å². The highest BCUT2D eigenvalue weighted by molar-refractivity contribution is 6.05. The molecule has 4 aromatic carbocycles. The van der Waals surface area contributed by atoms with Crippen molar-refractivity contribution in [2.75, 3.05) is 55.6 Å². The van der Waals surface area contributed by atoms with E-state index in [0.717, 1.165) is 117 Å². The Morgan fingerprint density at radius 3 is 2.10 bits per heavy atom. The van der Waals surface area contributed by atoms with Crippen molar-refractivity contribution < 1.29 is 29.4 Å². The molecule has 9 rings (SSSR count). The molecule has 3 amide bonds. The molecule has 1 aliphatic carbocycles. The Bertz CT molecular complexity index is 2290. The number of hydrogen-bond donors (Lipinski definition) is 3. The number of amides is 3. The number of phenols is 1. The van der Waals surface area contributed by atoms with Gasteiger partial charge in [-0.25, -0.2) is 4.79 Å². The lowest BCUT2D eigenvalue weighted by Gasteiger charge is -2.40. The van der Waals surface area contributed by atoms with Crippen LogP contribution in [-0.2, 0) is 22.6 Å². The van der Waals surface area contributed by atoms with Crippen LogP contribution in [0.5, 0.6) is 5.75 Å². The Balaban J connectivity index is 0.811. The van der Waals surface area contributed by atoms with E-state index in [0.29, 0.717) is 30.0 Å². The number of aromatic hydroxyl groups is 1. The van der Waals surface area contributed by atoms with E-state index in [1.807, 2.05) is 36.4 Å². The maximum atomic E-state index is 13.2. The Hall–Kier alpha value is -5.94. The Morgan fingerprint density at radius 2 is 1.38 bits per heavy atom. The monoisotopic (exact) mass is 779 g/mol. The Morgan fingerprint density at radius 1 is 0.690 bits per heavy atom. The number of carboxylic acids is 1. The van der Waals surface area contributed by atoms with Crippen molar-refractivity contribution in [3.05, 3.63) is 124 Å². The lowest BCUT2D eigenvalue weighted by molar-refractivity contribution is -0.136. The van der Waals surface area contributed by atoms with Crippen LogP contribution >= 0.6 is 0 Å². The predicted octanol–water partition coefficient (Wildman–Crippen LogP) is 6.19. The van der Waals surface area contributed by atoms with Crippen LogP contribution in [0.25, 0.3) is 11.1 Å². The maximum absolute atomic E-state index is 13.2. The first kappa shape index (κ1) is 37.6. The number of aryl methyl sites for hydroxylation is 1. The van der Waals surface area contributed by atoms with Gasteiger partial charge in [-0.15, -0.1) is 0 Å². The fourth-order valence-electron chi connectivity index (χ4n) is 9.73. The number of hydrogen-bond acceptors (Lipinski definition) is 8. The van der Waals surface area contributed by atoms with Crippen LogP contribution in [-0.4, -0.2) is 95.6 Å². The summed E-state index contributed by atoms with van der Waals surface area (Å²) in [7, 11) is 0. The zero-order valence-corrected chi connectivity index (χ0v) is 32.7. The maximum Gasteiger partial charge on any atom is 0.335 e. The van der Waals surface area contributed by atoms with Gasteiger partial charge in [-0.05, 0) is 138 Å². The SMILES string of the molecule is O=C1CC[C@H](N2Cc3cc(N4CCN(CC5CCN(c6ccc(C7=C(c8ccc(O)cc8)CCCc8cc(C(=O)O)ccc87)cc6)CC5)CC4)ccc3C2=O)C(=O)N1. The second-order valence-corrected chi connectivity index (χ2v) is 16.4. The summed E-state index contributed by atoms with van der Waals surface area (Å²) in [6.07, 6.45) is 5.46. The van der Waals surface area contributed by atoms with Crippen molar-refractivity contribution >= 4 is 46.2 Å². The number of piperidine rings is 2. The molecule has 3 N–H and O–H groups in total. The van der Waals surface area contributed by atoms with Crippen molar-refractivity contribution in [2.45, 2.75) is 57.5 Å². The molecule has 4 aromatic rings. The molecule has 0 saturated carbocycles. The molecule has 0 radical (unpaired) electrons. The minimum atomic E-state index is -0.915. The van der Waals surface area contributed by atoms with Crippen LogP contribution < -0.4 is 15.1 Å². The van der Waals surface area contributed by atoms with Crippen LogP contribution in [0.3, 0.4) is 0 Å². The highest BCUT2D eigenvalue weighted by atomic mass is 16.4. The zero-order chi connectivity index (χ0) is 39.9. The first-order valence-corrected chi connectivity index (χ1v) is 20.7. The number of piperazine rings is 1. The summed E-state index contributed by atoms with van der Waals surface area (Å²) < 4.78 is 0. The minimum absolute atomic E-state index is 0.137. The van der Waals surface area contributed by atoms with Crippen LogP contribution in [0.2, 0.25) is 0 Å². The van der Waals surface area contributed by atoms with Gasteiger partial charge in [0.05, 0.1) is 5.56 Å². The summed E-state index contributed by atoms with van der Waals surface area (Å²) in [6, 6.07) is 27.2. The summed E-state index contributed by atoms with van der Waals surface area (Å²) >= 11 is 0. The minimum Gasteiger partial charge on any atom is -0.508 e. The van der Waals surface area contributed by atoms with Gasteiger partial charge in [-0.1, -0.05) is 30.3 Å². The molecule has 1 atom stereocenters. The molecule has 3 fully saturated rings. The lowest BCUT2D eigenvalue weighted by Crippen LogP contribution is -2.52. The van der Waals surface area contributed by atoms with Crippen molar-refractivity contribution in [1.82, 2.24) is 15.1 Å². The number of allylic oxidation sites excluding steroid dienone is 1. The molecule has 0 aromatic heterocycles. The van der Waals surface area contributed by atoms with E-state index in [2.05, 4.69) is 50.3 Å². The van der Waals surface area contributed by atoms with Gasteiger partial charge in [-0.2, -0.15) is 0 Å². The van der Waals surface area contributed by atoms with Crippen LogP contribution in [0.15, 0.2) is 84.9 Å². The summed E-state index contributed by atoms with van der Waals surface area (Å²) in [5, 5.41) is 22.1. The highest BCUT2D eigenvalue weighted by Gasteiger charge is 2.39. The molecule has 4 aliphatic heterocycles. The van der Waals surface area contributed by atoms with Crippen LogP contribution in [0.4, 0.5) is 11.4 Å². The smallest absolute Gasteiger partial charge is 0.335 e. The summed E-state index contributed by atoms with van der Waals surface area (Å²) in [5.74, 6) is -0.839. The van der Waals surface area contributed by atoms with Crippen molar-refractivity contribution in [1.29, 1.82) is 0 Å². The van der Waals surface area contributed by atoms with E-state index in [4.69, 9.17) is 0 Å². The number of nitrogens with zero attached hydrogens (tertiary/aromatic N) is 4. The third-order valence-electron chi connectivity index (χ3n) is 12.9. The summed E-state index contributed by atoms with van der Waals surface area (Å²) in [6.45, 7) is 7.33. The summed E-state index contributed by atoms with van der Waals surface area (Å²) in [5.41, 5.74) is 10.9. The molecule has 4 heterocycles. The number of imide groups is 1. The van der Waals surface area contributed by atoms with Crippen LogP contribution in [0, 0.1) is 5.92 Å². The third-order valence-corrected chi connectivity index (χ3v) is 12.9. The van der Waals surface area contributed by atoms with E-state index >= 15 is 0 Å². The van der Waals surface area contributed by atoms with Gasteiger partial charge in [0.1, 0.15) is 11.8 Å². The Kier molecular flexibility index (Phi) is 10.2. The number of benzene rings is 4. The number of phenolic OH excluding ortho intramolecular Hbond substituents is 1. The molecule has 11 heteroatoms. The predicted molar refractivity (Wildman–Crippen MR) is 223 cm³/mol. The number of carbonyl (C=O) groups is 4. The van der Waals surface area contributed by atoms with Gasteiger partial charge >= 0.3 is 5.97 Å². The topological polar surface area (TPSA) is 134 Å². The van der Waals surface area contributed by atoms with E-state index in [9.17, 15) is 29.4 Å². The molecule has 11 nitrogen and oxygen atoms in total. The molecule has 5 aliphatic rings. The van der Waals surface area contributed by atoms with Gasteiger partial charge in [0.15, 0.2) is 0 Å². The molecule has 0 unspecified atom stereocenters. The van der Waals surface area contributed by atoms with Crippen molar-refractivity contribution in [2.24, 2.45) is 5.92 Å². The molecule has 0 bridgehead atoms. The van der Waals surface area contributed by atoms with Crippen LogP contribution in [0.1, 0.15) is 87.1 Å². The van der Waals surface area contributed by atoms with E-state index < -0.39 is 12.0 Å². The quantitative estimate of drug-likeness (QED) is 0.179. The number of rotatable bonds is 8. The first-order chi connectivity index (χ1) is 28.2. The van der Waals surface area contributed by atoms with Gasteiger partial charge < -0.3 is 24.9 Å². The fraction of sp³-hybridized carbons (Fsp3) is 0.362. The molecule has 3 saturated heterocycles. The highest BCUT2D eigenvalue weighted by Crippen LogP contribution is 2.41. The molecular formula is C47H49N5O6. The standard InChI is InChI=1S/C47H49N5O6/c53-38-12-6-31(7-13-38)39-3-1-2-33-26-34(47(57)58)8-14-40(33)44(39)32-4-9-36(10-5-32)50-20-18-30(19-21-50)28-49-22-24-51(25-23-49)37-11-15-41-35(27-37)29-52(46(41)56)42-16-17-43(54)48-45(42)55/h4-15,26-27,30,42,53H,1-3,16-25,28-29H2,(H,57,58)(H,48,54,55)/t42-/m0/s1. The number of anilines is 2. The van der Waals surface area contributed by atoms with Gasteiger partial charge in [0.2, 0.25) is 11.8 Å². The molecule has 58 heavy (non-hydrogen) atoms. The average Bonchev–Trinajstić information content (AvgIpc) is 3.43. The second kappa shape index (κ2) is 15.8. The van der Waals surface area contributed by atoms with Gasteiger partial charge in [0.25, 0.3) is 5.91 Å². The number of nitrogens with one attached hydrogen (secondary N) is 1. The molecule has 298 valence electrons. The Labute approximate surface area is 338 Å². The number of carboxylic acid groups (broad SMARTS) is 1. The number of fused-ring (bicyclic) bond motifs is 2. The first-order valence-electron chi connectivity index (χ1n) is 20.7. The second-order valence-electron chi connectivity index (χ2n) is 16.4. The van der Waals surface area contributed by atoms with Gasteiger partial charge in [0, 0.05) is 75.7 Å².